The van der Waals surface area contributed by atoms with Gasteiger partial charge in [0, 0.05) is 70.4 Å². The van der Waals surface area contributed by atoms with Crippen molar-refractivity contribution < 1.29 is 233 Å². The normalized spacial score (nSPS) is 14.5. The summed E-state index contributed by atoms with van der Waals surface area (Å²) >= 11 is 16.7. The SMILES string of the molecule is CCCCO.CCCCOOS(=O)(=O)C1CC1.CCCCOOS(=O)(=O)CCCCl.N#C[S-].O=S(=O)(Cl)CCCCl.O=S(Cl)Cl.[B]Br.[B]C1(S(=O)(=O)Cl)CC1.[B]C1(S(=O)(=O)OOCCCC)CC1.[B]C1(S(=O)(=O)[O-])CC1.[CH2-]CCC.[CH2-]CCC.[K+].[K+].[Li+].[Li+]. The molecule has 0 bridgehead atoms. The number of alkyl halides is 2. The number of unbranched alkanes of at least 4 members (excludes halogenated alkanes) is 6. The van der Waals surface area contributed by atoms with Crippen LogP contribution < -0.4 is 140 Å². The van der Waals surface area contributed by atoms with Gasteiger partial charge in [0.25, 0.3) is 30.4 Å². The van der Waals surface area contributed by atoms with Crippen LogP contribution in [-0.2, 0) is 108 Å². The molecule has 0 unspecified atom stereocenters. The minimum Gasteiger partial charge on any atom is -0.748 e. The Bertz CT molecular complexity index is 2270. The van der Waals surface area contributed by atoms with E-state index >= 15 is 0 Å². The Kier molecular flexibility index (Phi) is 102. The molecule has 4 rings (SSSR count). The summed E-state index contributed by atoms with van der Waals surface area (Å²) < 4.78 is 156. The van der Waals surface area contributed by atoms with Crippen molar-refractivity contribution in [1.29, 1.82) is 5.26 Å². The van der Waals surface area contributed by atoms with Gasteiger partial charge in [-0.1, -0.05) is 85.5 Å². The molecule has 22 nitrogen and oxygen atoms in total. The number of nitrogens with zero attached hydrogens (tertiary/aromatic N) is 1. The molecule has 0 atom stereocenters. The van der Waals surface area contributed by atoms with Gasteiger partial charge in [0.1, 0.15) is 0 Å². The molecule has 45 heteroatoms. The summed E-state index contributed by atoms with van der Waals surface area (Å²) in [5, 5.41) is 16.2. The molecular weight excluding hydrogens is 1550 g/mol. The van der Waals surface area contributed by atoms with E-state index in [0.717, 1.165) is 64.2 Å². The minimum absolute atomic E-state index is 0. The smallest absolute Gasteiger partial charge is 0.748 e. The number of rotatable bonds is 29. The number of aliphatic hydroxyl groups excluding tert-OH is 1. The number of aliphatic hydroxyl groups is 1. The first-order valence-electron chi connectivity index (χ1n) is 25.8. The molecule has 0 aromatic heterocycles. The van der Waals surface area contributed by atoms with Crippen molar-refractivity contribution >= 4 is 192 Å². The van der Waals surface area contributed by atoms with Crippen LogP contribution in [0.3, 0.4) is 0 Å². The largest absolute Gasteiger partial charge is 1.00 e. The molecule has 0 aromatic carbocycles. The van der Waals surface area contributed by atoms with E-state index in [0.29, 0.717) is 95.8 Å². The second kappa shape index (κ2) is 74.4. The van der Waals surface area contributed by atoms with Crippen molar-refractivity contribution in [3.8, 4) is 5.40 Å². The molecule has 4 saturated carbocycles. The average Bonchev–Trinajstić information content (AvgIpc) is 4.16. The zero-order chi connectivity index (χ0) is 67.8. The van der Waals surface area contributed by atoms with E-state index in [2.05, 4.69) is 119 Å². The van der Waals surface area contributed by atoms with Gasteiger partial charge in [0.05, 0.1) is 74.9 Å². The Morgan fingerprint density at radius 1 is 0.614 bits per heavy atom. The summed E-state index contributed by atoms with van der Waals surface area (Å²) in [7, 11) is 11.2. The Labute approximate surface area is 689 Å². The third-order valence-corrected chi connectivity index (χ3v) is 18.9. The molecule has 8 radical (unpaired) electrons. The second-order valence-electron chi connectivity index (χ2n) is 17.1. The first kappa shape index (κ1) is 121. The third kappa shape index (κ3) is 90.2. The van der Waals surface area contributed by atoms with Crippen LogP contribution >= 0.6 is 81.7 Å². The van der Waals surface area contributed by atoms with E-state index in [1.54, 1.807) is 0 Å². The van der Waals surface area contributed by atoms with Gasteiger partial charge in [-0.05, 0) is 89.9 Å². The molecule has 1 N–H and O–H groups in total. The topological polar surface area (TPSA) is 344 Å². The number of halogens is 7. The van der Waals surface area contributed by atoms with Gasteiger partial charge in [-0.2, -0.15) is 53.9 Å². The molecule has 0 amide bonds. The molecule has 4 fully saturated rings. The maximum Gasteiger partial charge on any atom is 1.00 e. The van der Waals surface area contributed by atoms with E-state index in [4.69, 9.17) is 82.7 Å². The van der Waals surface area contributed by atoms with Gasteiger partial charge in [-0.15, -0.1) is 36.2 Å². The second-order valence-corrected chi connectivity index (χ2v) is 33.4. The van der Waals surface area contributed by atoms with E-state index in [1.165, 1.54) is 18.2 Å². The van der Waals surface area contributed by atoms with Gasteiger partial charge >= 0.3 is 140 Å². The predicted octanol–water partition coefficient (Wildman–Crippen LogP) is -2.21. The predicted molar refractivity (Wildman–Crippen MR) is 348 cm³/mol. The fourth-order valence-electron chi connectivity index (χ4n) is 3.16. The summed E-state index contributed by atoms with van der Waals surface area (Å²) in [6.45, 7) is 25.0. The zero-order valence-electron chi connectivity index (χ0n) is 52.5. The van der Waals surface area contributed by atoms with Crippen LogP contribution in [0.25, 0.3) is 0 Å². The van der Waals surface area contributed by atoms with Crippen LogP contribution in [-0.4, -0.2) is 163 Å². The fraction of sp³-hybridized carbons (Fsp3) is 0.930. The van der Waals surface area contributed by atoms with E-state index in [9.17, 15) is 55.1 Å². The molecule has 4 aliphatic rings. The molecular formula is C43H84B4BrCl6K2Li2NO21S8. The number of thiocyanates is 1. The van der Waals surface area contributed by atoms with Crippen LogP contribution in [0.4, 0.5) is 0 Å². The summed E-state index contributed by atoms with van der Waals surface area (Å²) in [6, 6.07) is 0. The fourth-order valence-corrected chi connectivity index (χ4v) is 8.95. The average molecular weight is 1640 g/mol. The van der Waals surface area contributed by atoms with E-state index in [1.807, 2.05) is 20.8 Å². The van der Waals surface area contributed by atoms with Gasteiger partial charge in [-0.25, -0.2) is 49.4 Å². The molecule has 0 aromatic rings. The molecule has 0 spiro atoms. The molecule has 500 valence electrons. The van der Waals surface area contributed by atoms with E-state index < -0.39 is 81.7 Å². The minimum atomic E-state index is -4.20. The van der Waals surface area contributed by atoms with Gasteiger partial charge in [-0.3, -0.25) is 0 Å². The Morgan fingerprint density at radius 3 is 1.09 bits per heavy atom. The summed E-state index contributed by atoms with van der Waals surface area (Å²) in [5.41, 5.74) is 0. The number of hydrogen-bond acceptors (Lipinski definition) is 23. The van der Waals surface area contributed by atoms with Gasteiger partial charge < -0.3 is 36.1 Å². The summed E-state index contributed by atoms with van der Waals surface area (Å²) in [6.07, 6.45) is 16.5. The Balaban J connectivity index is -0.0000000737. The first-order chi connectivity index (χ1) is 38.7. The molecule has 88 heavy (non-hydrogen) atoms. The van der Waals surface area contributed by atoms with Crippen LogP contribution in [0.1, 0.15) is 183 Å². The molecule has 0 saturated heterocycles. The number of hydrogen-bond donors (Lipinski definition) is 1. The maximum absolute atomic E-state index is 11.2. The monoisotopic (exact) mass is 1630 g/mol. The van der Waals surface area contributed by atoms with Crippen LogP contribution in [0.15, 0.2) is 0 Å². The van der Waals surface area contributed by atoms with Crippen molar-refractivity contribution in [3.63, 3.8) is 0 Å². The quantitative estimate of drug-likeness (QED) is 0.00793. The maximum atomic E-state index is 11.2. The van der Waals surface area contributed by atoms with Crippen molar-refractivity contribution in [3.05, 3.63) is 13.8 Å². The molecule has 4 aliphatic carbocycles. The standard InChI is InChI=1S/C7H13BO4S.C7H15ClO4S.C7H14O4S.C4H10O.2C4H9.C3H4BClO2S.C3H5BO3S.C3H6Cl2O2S.CHNS.BBr.Cl2OS.2K.2Li/c1-2-3-6-11-12-13(9,10)7(8)4-5-7;1-2-3-6-11-12-13(9,10)7-4-5-8;1-2-3-6-10-11-12(8,9)7-4-5-7;1-2-3-4-5;2*1-3-4-2;2*4-3(1-2-3)8(5,6)7;4-2-1-3-8(5,6)7;2-1-3;1-2;1-4(2)3;;;;/h2-6H2,1H3;2-7H2,1H3;7H,2-6H2,1H3;5H,2-4H2,1H3;2*1,3-4H2,2H3;1-2H2;1-2H2,(H,5,6,7);1-3H2;3H;;;;;;/q;;;;2*-1;;;;;;;4*+1/p-2. The Morgan fingerprint density at radius 2 is 0.909 bits per heavy atom. The molecule has 0 heterocycles. The van der Waals surface area contributed by atoms with Crippen molar-refractivity contribution in [2.45, 2.75) is 202 Å². The van der Waals surface area contributed by atoms with Crippen molar-refractivity contribution in [2.24, 2.45) is 0 Å². The summed E-state index contributed by atoms with van der Waals surface area (Å²) in [4.78, 5) is 13.6. The van der Waals surface area contributed by atoms with Crippen molar-refractivity contribution in [2.75, 3.05) is 49.7 Å². The van der Waals surface area contributed by atoms with Gasteiger partial charge in [0.15, 0.2) is 6.67 Å². The van der Waals surface area contributed by atoms with Crippen LogP contribution in [0, 0.1) is 24.5 Å². The first-order valence-corrected chi connectivity index (χ1v) is 41.6. The third-order valence-electron chi connectivity index (χ3n) is 9.09. The van der Waals surface area contributed by atoms with Crippen LogP contribution in [0.5, 0.6) is 0 Å². The summed E-state index contributed by atoms with van der Waals surface area (Å²) in [5.74, 6) is 0.518. The number of nitriles is 1. The molecule has 0 aliphatic heterocycles. The van der Waals surface area contributed by atoms with Crippen LogP contribution in [0.2, 0.25) is 0 Å². The van der Waals surface area contributed by atoms with Gasteiger partial charge in [0.2, 0.25) is 27.3 Å². The van der Waals surface area contributed by atoms with E-state index in [-0.39, 0.29) is 164 Å². The van der Waals surface area contributed by atoms with Crippen molar-refractivity contribution in [1.82, 2.24) is 0 Å². The zero-order valence-corrected chi connectivity index (χ0v) is 71.4. The Hall–Kier alpha value is 6.19.